The number of hydrogen-bond acceptors (Lipinski definition) is 4. The summed E-state index contributed by atoms with van der Waals surface area (Å²) in [6.45, 7) is 3.31. The van der Waals surface area contributed by atoms with Gasteiger partial charge in [-0.15, -0.1) is 0 Å². The van der Waals surface area contributed by atoms with Crippen LogP contribution < -0.4 is 10.6 Å². The minimum atomic E-state index is -0.333. The molecule has 0 radical (unpaired) electrons. The van der Waals surface area contributed by atoms with Crippen molar-refractivity contribution in [3.05, 3.63) is 64.2 Å². The lowest BCUT2D eigenvalue weighted by Crippen LogP contribution is -2.43. The van der Waals surface area contributed by atoms with Gasteiger partial charge in [-0.3, -0.25) is 9.59 Å². The van der Waals surface area contributed by atoms with Gasteiger partial charge < -0.3 is 20.3 Å². The van der Waals surface area contributed by atoms with Gasteiger partial charge in [-0.05, 0) is 48.7 Å². The molecule has 0 bridgehead atoms. The number of carbonyl (C=O) groups excluding carboxylic acids is 3. The highest BCUT2D eigenvalue weighted by Crippen LogP contribution is 2.24. The van der Waals surface area contributed by atoms with E-state index in [9.17, 15) is 14.4 Å². The zero-order chi connectivity index (χ0) is 21.5. The molecule has 8 heteroatoms. The Kier molecular flexibility index (Phi) is 7.30. The van der Waals surface area contributed by atoms with Crippen LogP contribution in [0.4, 0.5) is 10.5 Å². The number of fused-ring (bicyclic) bond motifs is 1. The maximum absolute atomic E-state index is 12.5. The van der Waals surface area contributed by atoms with Crippen molar-refractivity contribution in [3.63, 3.8) is 0 Å². The first-order valence-electron chi connectivity index (χ1n) is 9.84. The Balaban J connectivity index is 1.60. The number of rotatable bonds is 6. The predicted molar refractivity (Wildman–Crippen MR) is 115 cm³/mol. The second-order valence-electron chi connectivity index (χ2n) is 6.88. The molecule has 2 aromatic carbocycles. The second-order valence-corrected chi connectivity index (χ2v) is 7.28. The van der Waals surface area contributed by atoms with E-state index in [1.165, 1.54) is 0 Å². The fourth-order valence-corrected chi connectivity index (χ4v) is 3.49. The largest absolute Gasteiger partial charge is 0.466 e. The summed E-state index contributed by atoms with van der Waals surface area (Å²) >= 11 is 6.09. The van der Waals surface area contributed by atoms with Crippen LogP contribution in [0.3, 0.4) is 0 Å². The standard InChI is InChI=1S/C22H24ClN3O4/c1-2-30-20(27)9-11-24-22(29)26-12-10-15-7-8-17(13-16(15)14-26)25-21(28)18-5-3-4-6-19(18)23/h3-8,13H,2,9-12,14H2,1H3,(H,24,29)(H,25,28). The molecule has 7 nitrogen and oxygen atoms in total. The number of nitrogens with one attached hydrogen (secondary N) is 2. The molecule has 3 rings (SSSR count). The number of ether oxygens (including phenoxy) is 1. The van der Waals surface area contributed by atoms with Crippen LogP contribution in [0.15, 0.2) is 42.5 Å². The van der Waals surface area contributed by atoms with Crippen molar-refractivity contribution >= 4 is 35.2 Å². The maximum atomic E-state index is 12.5. The first-order chi connectivity index (χ1) is 14.5. The zero-order valence-corrected chi connectivity index (χ0v) is 17.5. The van der Waals surface area contributed by atoms with Crippen molar-refractivity contribution in [1.29, 1.82) is 0 Å². The van der Waals surface area contributed by atoms with Gasteiger partial charge in [-0.1, -0.05) is 29.8 Å². The van der Waals surface area contributed by atoms with E-state index >= 15 is 0 Å². The first-order valence-corrected chi connectivity index (χ1v) is 10.2. The third-order valence-electron chi connectivity index (χ3n) is 4.79. The molecule has 0 fully saturated rings. The van der Waals surface area contributed by atoms with E-state index in [4.69, 9.17) is 16.3 Å². The number of anilines is 1. The van der Waals surface area contributed by atoms with Gasteiger partial charge in [0.05, 0.1) is 23.6 Å². The molecule has 3 amide bonds. The Bertz CT molecular complexity index is 948. The van der Waals surface area contributed by atoms with E-state index < -0.39 is 0 Å². The predicted octanol–water partition coefficient (Wildman–Crippen LogP) is 3.61. The molecular weight excluding hydrogens is 406 g/mol. The summed E-state index contributed by atoms with van der Waals surface area (Å²) in [4.78, 5) is 38.0. The Morgan fingerprint density at radius 2 is 1.93 bits per heavy atom. The van der Waals surface area contributed by atoms with E-state index in [0.29, 0.717) is 36.0 Å². The lowest BCUT2D eigenvalue weighted by molar-refractivity contribution is -0.142. The molecule has 1 aliphatic heterocycles. The lowest BCUT2D eigenvalue weighted by atomic mass is 9.99. The summed E-state index contributed by atoms with van der Waals surface area (Å²) < 4.78 is 4.85. The first kappa shape index (κ1) is 21.6. The average Bonchev–Trinajstić information content (AvgIpc) is 2.73. The van der Waals surface area contributed by atoms with E-state index in [1.807, 2.05) is 18.2 Å². The number of nitrogens with zero attached hydrogens (tertiary/aromatic N) is 1. The normalized spacial score (nSPS) is 12.7. The number of amides is 3. The molecule has 158 valence electrons. The molecule has 0 aromatic heterocycles. The van der Waals surface area contributed by atoms with Crippen LogP contribution in [0.1, 0.15) is 34.8 Å². The summed E-state index contributed by atoms with van der Waals surface area (Å²) in [7, 11) is 0. The third kappa shape index (κ3) is 5.51. The van der Waals surface area contributed by atoms with Crippen LogP contribution in [0.2, 0.25) is 5.02 Å². The van der Waals surface area contributed by atoms with E-state index in [2.05, 4.69) is 10.6 Å². The Labute approximate surface area is 180 Å². The minimum Gasteiger partial charge on any atom is -0.466 e. The molecule has 0 saturated carbocycles. The number of hydrogen-bond donors (Lipinski definition) is 2. The van der Waals surface area contributed by atoms with Gasteiger partial charge in [0.15, 0.2) is 0 Å². The number of carbonyl (C=O) groups is 3. The Hall–Kier alpha value is -3.06. The van der Waals surface area contributed by atoms with E-state index in [1.54, 1.807) is 36.1 Å². The molecule has 1 heterocycles. The number of urea groups is 1. The summed E-state index contributed by atoms with van der Waals surface area (Å²) in [5.41, 5.74) is 3.16. The molecule has 1 aliphatic rings. The van der Waals surface area contributed by atoms with Crippen molar-refractivity contribution in [2.45, 2.75) is 26.3 Å². The molecule has 30 heavy (non-hydrogen) atoms. The highest BCUT2D eigenvalue weighted by Gasteiger charge is 2.21. The van der Waals surface area contributed by atoms with E-state index in [0.717, 1.165) is 17.5 Å². The fraction of sp³-hybridized carbons (Fsp3) is 0.318. The summed E-state index contributed by atoms with van der Waals surface area (Å²) in [5.74, 6) is -0.620. The zero-order valence-electron chi connectivity index (χ0n) is 16.7. The van der Waals surface area contributed by atoms with Gasteiger partial charge in [-0.2, -0.15) is 0 Å². The molecular formula is C22H24ClN3O4. The van der Waals surface area contributed by atoms with Gasteiger partial charge in [0.2, 0.25) is 0 Å². The highest BCUT2D eigenvalue weighted by atomic mass is 35.5. The topological polar surface area (TPSA) is 87.7 Å². The molecule has 2 aromatic rings. The van der Waals surface area contributed by atoms with Crippen molar-refractivity contribution in [1.82, 2.24) is 10.2 Å². The SMILES string of the molecule is CCOC(=O)CCNC(=O)N1CCc2ccc(NC(=O)c3ccccc3Cl)cc2C1. The number of benzene rings is 2. The number of halogens is 1. The highest BCUT2D eigenvalue weighted by molar-refractivity contribution is 6.34. The number of esters is 1. The minimum absolute atomic E-state index is 0.141. The second kappa shape index (κ2) is 10.1. The Morgan fingerprint density at radius 1 is 1.13 bits per heavy atom. The van der Waals surface area contributed by atoms with Crippen molar-refractivity contribution < 1.29 is 19.1 Å². The molecule has 0 saturated heterocycles. The lowest BCUT2D eigenvalue weighted by Gasteiger charge is -2.29. The van der Waals surface area contributed by atoms with Crippen LogP contribution in [0.5, 0.6) is 0 Å². The van der Waals surface area contributed by atoms with Gasteiger partial charge >= 0.3 is 12.0 Å². The van der Waals surface area contributed by atoms with Crippen LogP contribution in [-0.2, 0) is 22.5 Å². The summed E-state index contributed by atoms with van der Waals surface area (Å²) in [6.07, 6.45) is 0.863. The molecule has 0 atom stereocenters. The molecule has 0 spiro atoms. The van der Waals surface area contributed by atoms with Gasteiger partial charge in [0.1, 0.15) is 0 Å². The maximum Gasteiger partial charge on any atom is 0.317 e. The summed E-state index contributed by atoms with van der Waals surface area (Å²) in [6, 6.07) is 12.3. The van der Waals surface area contributed by atoms with Crippen molar-refractivity contribution in [2.24, 2.45) is 0 Å². The average molecular weight is 430 g/mol. The van der Waals surface area contributed by atoms with Crippen LogP contribution >= 0.6 is 11.6 Å². The molecule has 0 aliphatic carbocycles. The Morgan fingerprint density at radius 3 is 2.70 bits per heavy atom. The third-order valence-corrected chi connectivity index (χ3v) is 5.12. The molecule has 0 unspecified atom stereocenters. The van der Waals surface area contributed by atoms with Gasteiger partial charge in [0, 0.05) is 25.3 Å². The molecule has 2 N–H and O–H groups in total. The monoisotopic (exact) mass is 429 g/mol. The van der Waals surface area contributed by atoms with Gasteiger partial charge in [-0.25, -0.2) is 4.79 Å². The fourth-order valence-electron chi connectivity index (χ4n) is 3.27. The van der Waals surface area contributed by atoms with Crippen molar-refractivity contribution in [2.75, 3.05) is 25.0 Å². The van der Waals surface area contributed by atoms with Gasteiger partial charge in [0.25, 0.3) is 5.91 Å². The van der Waals surface area contributed by atoms with Crippen LogP contribution in [0.25, 0.3) is 0 Å². The quantitative estimate of drug-likeness (QED) is 0.686. The van der Waals surface area contributed by atoms with E-state index in [-0.39, 0.29) is 30.9 Å². The van der Waals surface area contributed by atoms with Crippen LogP contribution in [-0.4, -0.2) is 42.5 Å². The summed E-state index contributed by atoms with van der Waals surface area (Å²) in [5, 5.41) is 5.99. The van der Waals surface area contributed by atoms with Crippen molar-refractivity contribution in [3.8, 4) is 0 Å². The van der Waals surface area contributed by atoms with Crippen LogP contribution in [0, 0.1) is 0 Å². The smallest absolute Gasteiger partial charge is 0.317 e.